The van der Waals surface area contributed by atoms with E-state index in [0.29, 0.717) is 22.7 Å². The van der Waals surface area contributed by atoms with Crippen molar-refractivity contribution in [3.05, 3.63) is 59.5 Å². The second-order valence-electron chi connectivity index (χ2n) is 6.25. The highest BCUT2D eigenvalue weighted by Gasteiger charge is 2.14. The third-order valence-electron chi connectivity index (χ3n) is 4.04. The zero-order valence-electron chi connectivity index (χ0n) is 17.2. The summed E-state index contributed by atoms with van der Waals surface area (Å²) in [5.41, 5.74) is 0.746. The first-order valence-electron chi connectivity index (χ1n) is 9.10. The van der Waals surface area contributed by atoms with Crippen LogP contribution in [-0.4, -0.2) is 44.8 Å². The number of methoxy groups -OCH3 is 2. The molecule has 3 rings (SSSR count). The number of benzene rings is 2. The summed E-state index contributed by atoms with van der Waals surface area (Å²) < 4.78 is 51.5. The number of carbonyl (C=O) groups is 1. The average molecular weight is 494 g/mol. The van der Waals surface area contributed by atoms with Crippen LogP contribution in [-0.2, 0) is 19.6 Å². The standard InChI is InChI=1S/C20H17ClFN5O5S/c1-31-17-7-6-13(9-15(17)21)25-19-16(22)10-23-20(27-19)26-12-4-3-5-14(8-12)33(29,30)24-11-18(28)32-2/h3-11H,1-2H3,(H2,23,25,26,27). The second-order valence-corrected chi connectivity index (χ2v) is 8.29. The SMILES string of the molecule is COC(=O)C=NS(=O)(=O)c1cccc(Nc2ncc(F)c(Nc3ccc(OC)c(Cl)c3)n2)c1. The van der Waals surface area contributed by atoms with Gasteiger partial charge in [-0.1, -0.05) is 17.7 Å². The number of aromatic nitrogens is 2. The molecule has 3 aromatic rings. The van der Waals surface area contributed by atoms with Gasteiger partial charge >= 0.3 is 5.97 Å². The quantitative estimate of drug-likeness (QED) is 0.356. The molecule has 0 aliphatic rings. The lowest BCUT2D eigenvalue weighted by Gasteiger charge is -2.11. The first-order valence-corrected chi connectivity index (χ1v) is 10.9. The molecule has 0 aliphatic carbocycles. The number of halogens is 2. The Hall–Kier alpha value is -3.77. The Kier molecular flexibility index (Phi) is 7.41. The fraction of sp³-hybridized carbons (Fsp3) is 0.100. The van der Waals surface area contributed by atoms with Crippen molar-refractivity contribution in [2.24, 2.45) is 4.40 Å². The van der Waals surface area contributed by atoms with E-state index in [1.807, 2.05) is 0 Å². The van der Waals surface area contributed by atoms with Crippen LogP contribution in [0.3, 0.4) is 0 Å². The molecule has 13 heteroatoms. The molecule has 172 valence electrons. The minimum Gasteiger partial charge on any atom is -0.495 e. The summed E-state index contributed by atoms with van der Waals surface area (Å²) in [5.74, 6) is -1.32. The van der Waals surface area contributed by atoms with Crippen LogP contribution < -0.4 is 15.4 Å². The van der Waals surface area contributed by atoms with Gasteiger partial charge < -0.3 is 20.1 Å². The molecule has 1 heterocycles. The molecule has 0 amide bonds. The molecule has 2 aromatic carbocycles. The monoisotopic (exact) mass is 493 g/mol. The van der Waals surface area contributed by atoms with Gasteiger partial charge in [-0.15, -0.1) is 0 Å². The Morgan fingerprint density at radius 2 is 1.91 bits per heavy atom. The fourth-order valence-corrected chi connectivity index (χ4v) is 3.62. The highest BCUT2D eigenvalue weighted by atomic mass is 35.5. The van der Waals surface area contributed by atoms with Gasteiger partial charge in [-0.05, 0) is 36.4 Å². The first kappa shape index (κ1) is 23.9. The summed E-state index contributed by atoms with van der Waals surface area (Å²) in [4.78, 5) is 18.9. The molecule has 1 aromatic heterocycles. The van der Waals surface area contributed by atoms with E-state index in [1.165, 1.54) is 31.4 Å². The number of nitrogens with zero attached hydrogens (tertiary/aromatic N) is 3. The van der Waals surface area contributed by atoms with E-state index >= 15 is 0 Å². The van der Waals surface area contributed by atoms with Crippen molar-refractivity contribution in [1.29, 1.82) is 0 Å². The number of hydrogen-bond acceptors (Lipinski definition) is 9. The molecule has 0 atom stereocenters. The van der Waals surface area contributed by atoms with Crippen LogP contribution in [0.5, 0.6) is 5.75 Å². The molecular weight excluding hydrogens is 477 g/mol. The summed E-state index contributed by atoms with van der Waals surface area (Å²) in [5, 5.41) is 5.91. The van der Waals surface area contributed by atoms with Crippen molar-refractivity contribution in [2.75, 3.05) is 24.9 Å². The zero-order chi connectivity index (χ0) is 24.0. The number of sulfonamides is 1. The van der Waals surface area contributed by atoms with E-state index in [0.717, 1.165) is 13.3 Å². The van der Waals surface area contributed by atoms with Gasteiger partial charge in [0.25, 0.3) is 10.0 Å². The average Bonchev–Trinajstić information content (AvgIpc) is 2.80. The van der Waals surface area contributed by atoms with E-state index in [2.05, 4.69) is 29.7 Å². The van der Waals surface area contributed by atoms with Gasteiger partial charge in [0.05, 0.1) is 30.3 Å². The van der Waals surface area contributed by atoms with E-state index < -0.39 is 21.8 Å². The number of esters is 1. The van der Waals surface area contributed by atoms with E-state index in [-0.39, 0.29) is 22.3 Å². The maximum Gasteiger partial charge on any atom is 0.350 e. The van der Waals surface area contributed by atoms with Gasteiger partial charge in [0, 0.05) is 11.4 Å². The Balaban J connectivity index is 1.82. The number of carbonyl (C=O) groups excluding carboxylic acids is 1. The number of ether oxygens (including phenoxy) is 2. The molecule has 33 heavy (non-hydrogen) atoms. The van der Waals surface area contributed by atoms with Gasteiger partial charge in [0.1, 0.15) is 12.0 Å². The van der Waals surface area contributed by atoms with Crippen molar-refractivity contribution in [3.8, 4) is 5.75 Å². The molecule has 0 fully saturated rings. The molecule has 10 nitrogen and oxygen atoms in total. The molecule has 0 saturated carbocycles. The van der Waals surface area contributed by atoms with E-state index in [9.17, 15) is 17.6 Å². The summed E-state index contributed by atoms with van der Waals surface area (Å²) in [6.45, 7) is 0. The lowest BCUT2D eigenvalue weighted by molar-refractivity contribution is -0.132. The zero-order valence-corrected chi connectivity index (χ0v) is 18.8. The van der Waals surface area contributed by atoms with Gasteiger partial charge in [-0.2, -0.15) is 17.8 Å². The van der Waals surface area contributed by atoms with Gasteiger partial charge in [0.2, 0.25) is 5.95 Å². The minimum absolute atomic E-state index is 0.00822. The second kappa shape index (κ2) is 10.2. The van der Waals surface area contributed by atoms with Gasteiger partial charge in [-0.25, -0.2) is 14.2 Å². The lowest BCUT2D eigenvalue weighted by Crippen LogP contribution is -2.06. The number of nitrogens with one attached hydrogen (secondary N) is 2. The topological polar surface area (TPSA) is 132 Å². The third kappa shape index (κ3) is 6.14. The first-order chi connectivity index (χ1) is 15.7. The molecule has 0 saturated heterocycles. The molecule has 0 unspecified atom stereocenters. The van der Waals surface area contributed by atoms with E-state index in [4.69, 9.17) is 16.3 Å². The van der Waals surface area contributed by atoms with Crippen molar-refractivity contribution in [2.45, 2.75) is 4.90 Å². The lowest BCUT2D eigenvalue weighted by atomic mass is 10.3. The van der Waals surface area contributed by atoms with Crippen LogP contribution in [0.4, 0.5) is 27.5 Å². The predicted molar refractivity (Wildman–Crippen MR) is 121 cm³/mol. The Bertz CT molecular complexity index is 1320. The van der Waals surface area contributed by atoms with Crippen LogP contribution in [0.2, 0.25) is 5.02 Å². The third-order valence-corrected chi connectivity index (χ3v) is 5.57. The van der Waals surface area contributed by atoms with Crippen LogP contribution in [0.25, 0.3) is 0 Å². The highest BCUT2D eigenvalue weighted by Crippen LogP contribution is 2.29. The summed E-state index contributed by atoms with van der Waals surface area (Å²) >= 11 is 6.09. The maximum absolute atomic E-state index is 14.2. The molecular formula is C20H17ClFN5O5S. The smallest absolute Gasteiger partial charge is 0.350 e. The largest absolute Gasteiger partial charge is 0.495 e. The fourth-order valence-electron chi connectivity index (χ4n) is 2.49. The van der Waals surface area contributed by atoms with Crippen LogP contribution in [0.1, 0.15) is 0 Å². The van der Waals surface area contributed by atoms with Crippen molar-refractivity contribution < 1.29 is 27.1 Å². The Morgan fingerprint density at radius 1 is 1.15 bits per heavy atom. The minimum atomic E-state index is -4.15. The van der Waals surface area contributed by atoms with Gasteiger partial charge in [-0.3, -0.25) is 0 Å². The van der Waals surface area contributed by atoms with Crippen molar-refractivity contribution in [3.63, 3.8) is 0 Å². The maximum atomic E-state index is 14.2. The van der Waals surface area contributed by atoms with Crippen molar-refractivity contribution in [1.82, 2.24) is 9.97 Å². The summed E-state index contributed by atoms with van der Waals surface area (Å²) in [7, 11) is -1.58. The van der Waals surface area contributed by atoms with E-state index in [1.54, 1.807) is 18.2 Å². The summed E-state index contributed by atoms with van der Waals surface area (Å²) in [6, 6.07) is 10.3. The van der Waals surface area contributed by atoms with Crippen LogP contribution in [0, 0.1) is 5.82 Å². The molecule has 0 spiro atoms. The molecule has 0 bridgehead atoms. The van der Waals surface area contributed by atoms with Crippen molar-refractivity contribution >= 4 is 56.9 Å². The number of anilines is 4. The summed E-state index contributed by atoms with van der Waals surface area (Å²) in [6.07, 6.45) is 1.51. The van der Waals surface area contributed by atoms with Crippen LogP contribution >= 0.6 is 11.6 Å². The molecule has 0 radical (unpaired) electrons. The molecule has 2 N–H and O–H groups in total. The number of rotatable bonds is 8. The van der Waals surface area contributed by atoms with Gasteiger partial charge in [0.15, 0.2) is 11.6 Å². The normalized spacial score (nSPS) is 11.3. The number of hydrogen-bond donors (Lipinski definition) is 2. The molecule has 0 aliphatic heterocycles. The predicted octanol–water partition coefficient (Wildman–Crippen LogP) is 3.70. The Morgan fingerprint density at radius 3 is 2.61 bits per heavy atom. The van der Waals surface area contributed by atoms with Crippen LogP contribution in [0.15, 0.2) is 58.0 Å². The Labute approximate surface area is 193 Å². The highest BCUT2D eigenvalue weighted by molar-refractivity contribution is 7.90.